The number of aryl methyl sites for hydroxylation is 1. The molecule has 0 aliphatic carbocycles. The second kappa shape index (κ2) is 9.33. The van der Waals surface area contributed by atoms with Gasteiger partial charge in [0.25, 0.3) is 5.91 Å². The number of carbonyl (C=O) groups excluding carboxylic acids is 1. The fraction of sp³-hybridized carbons (Fsp3) is 0.227. The largest absolute Gasteiger partial charge is 0.493 e. The van der Waals surface area contributed by atoms with E-state index >= 15 is 0 Å². The average Bonchev–Trinajstić information content (AvgIpc) is 3.21. The predicted octanol–water partition coefficient (Wildman–Crippen LogP) is 5.15. The first kappa shape index (κ1) is 19.8. The Morgan fingerprint density at radius 3 is 2.71 bits per heavy atom. The van der Waals surface area contributed by atoms with E-state index < -0.39 is 0 Å². The Bertz CT molecular complexity index is 938. The minimum atomic E-state index is -0.192. The van der Waals surface area contributed by atoms with Crippen molar-refractivity contribution in [2.24, 2.45) is 0 Å². The zero-order valence-corrected chi connectivity index (χ0v) is 16.6. The van der Waals surface area contributed by atoms with E-state index in [9.17, 15) is 4.79 Å². The highest BCUT2D eigenvalue weighted by molar-refractivity contribution is 6.31. The molecule has 146 valence electrons. The van der Waals surface area contributed by atoms with Crippen LogP contribution in [0.5, 0.6) is 11.5 Å². The highest BCUT2D eigenvalue weighted by Gasteiger charge is 2.12. The molecule has 0 aliphatic heterocycles. The lowest BCUT2D eigenvalue weighted by atomic mass is 10.1. The van der Waals surface area contributed by atoms with E-state index in [1.165, 1.54) is 0 Å². The van der Waals surface area contributed by atoms with Gasteiger partial charge in [-0.25, -0.2) is 0 Å². The Morgan fingerprint density at radius 1 is 1.14 bits per heavy atom. The van der Waals surface area contributed by atoms with Gasteiger partial charge in [-0.05, 0) is 67.9 Å². The van der Waals surface area contributed by atoms with Gasteiger partial charge in [0.05, 0.1) is 19.4 Å². The molecule has 0 radical (unpaired) electrons. The maximum atomic E-state index is 12.5. The molecule has 2 aromatic carbocycles. The Kier molecular flexibility index (Phi) is 6.61. The van der Waals surface area contributed by atoms with Crippen molar-refractivity contribution < 1.29 is 18.7 Å². The second-order valence-corrected chi connectivity index (χ2v) is 6.62. The van der Waals surface area contributed by atoms with Gasteiger partial charge in [-0.15, -0.1) is 0 Å². The lowest BCUT2D eigenvalue weighted by molar-refractivity contribution is 0.0948. The Balaban J connectivity index is 1.72. The summed E-state index contributed by atoms with van der Waals surface area (Å²) < 4.78 is 16.8. The zero-order chi connectivity index (χ0) is 19.9. The van der Waals surface area contributed by atoms with Crippen LogP contribution in [0, 0.1) is 6.92 Å². The Hall–Kier alpha value is -2.92. The van der Waals surface area contributed by atoms with Crippen LogP contribution < -0.4 is 14.8 Å². The van der Waals surface area contributed by atoms with Gasteiger partial charge in [0.2, 0.25) is 0 Å². The summed E-state index contributed by atoms with van der Waals surface area (Å²) in [6.45, 7) is 4.96. The second-order valence-electron chi connectivity index (χ2n) is 6.22. The first-order valence-electron chi connectivity index (χ1n) is 9.02. The monoisotopic (exact) mass is 399 g/mol. The number of benzene rings is 2. The average molecular weight is 400 g/mol. The zero-order valence-electron chi connectivity index (χ0n) is 15.8. The van der Waals surface area contributed by atoms with Crippen LogP contribution >= 0.6 is 11.6 Å². The third-order valence-electron chi connectivity index (χ3n) is 4.15. The molecule has 5 nitrogen and oxygen atoms in total. The number of amides is 1. The molecule has 3 aromatic rings. The third kappa shape index (κ3) is 5.08. The third-order valence-corrected chi connectivity index (χ3v) is 4.57. The van der Waals surface area contributed by atoms with Crippen molar-refractivity contribution in [2.45, 2.75) is 27.0 Å². The summed E-state index contributed by atoms with van der Waals surface area (Å²) in [5.41, 5.74) is 2.26. The van der Waals surface area contributed by atoms with Crippen LogP contribution in [0.4, 0.5) is 0 Å². The van der Waals surface area contributed by atoms with Gasteiger partial charge in [-0.1, -0.05) is 11.6 Å². The highest BCUT2D eigenvalue weighted by atomic mass is 35.5. The first-order valence-corrected chi connectivity index (χ1v) is 9.40. The van der Waals surface area contributed by atoms with Crippen LogP contribution in [0.2, 0.25) is 5.02 Å². The van der Waals surface area contributed by atoms with Gasteiger partial charge in [0.15, 0.2) is 0 Å². The van der Waals surface area contributed by atoms with E-state index in [1.807, 2.05) is 32.0 Å². The Morgan fingerprint density at radius 2 is 2.00 bits per heavy atom. The van der Waals surface area contributed by atoms with E-state index in [0.717, 1.165) is 11.1 Å². The van der Waals surface area contributed by atoms with Crippen molar-refractivity contribution in [2.75, 3.05) is 6.61 Å². The van der Waals surface area contributed by atoms with Crippen LogP contribution in [0.1, 0.15) is 34.2 Å². The van der Waals surface area contributed by atoms with Crippen molar-refractivity contribution in [3.8, 4) is 11.5 Å². The molecule has 1 aromatic heterocycles. The quantitative estimate of drug-likeness (QED) is 0.569. The summed E-state index contributed by atoms with van der Waals surface area (Å²) in [7, 11) is 0. The normalized spacial score (nSPS) is 10.5. The van der Waals surface area contributed by atoms with E-state index in [4.69, 9.17) is 25.5 Å². The molecule has 1 heterocycles. The topological polar surface area (TPSA) is 60.7 Å². The maximum Gasteiger partial charge on any atom is 0.251 e. The number of rotatable bonds is 8. The molecular formula is C22H22ClNO4. The van der Waals surface area contributed by atoms with Crippen molar-refractivity contribution in [1.29, 1.82) is 0 Å². The molecule has 0 spiro atoms. The van der Waals surface area contributed by atoms with Gasteiger partial charge in [-0.2, -0.15) is 0 Å². The molecule has 28 heavy (non-hydrogen) atoms. The van der Waals surface area contributed by atoms with Crippen molar-refractivity contribution in [1.82, 2.24) is 5.32 Å². The number of nitrogens with one attached hydrogen (secondary N) is 1. The first-order chi connectivity index (χ1) is 13.6. The van der Waals surface area contributed by atoms with Crippen molar-refractivity contribution >= 4 is 17.5 Å². The molecular weight excluding hydrogens is 378 g/mol. The molecule has 0 bridgehead atoms. The lowest BCUT2D eigenvalue weighted by Gasteiger charge is -2.14. The summed E-state index contributed by atoms with van der Waals surface area (Å²) in [6.07, 6.45) is 1.58. The number of ether oxygens (including phenoxy) is 2. The summed E-state index contributed by atoms with van der Waals surface area (Å²) in [4.78, 5) is 12.5. The SMILES string of the molecule is CCOc1ccc(C(=O)NCc2ccco2)cc1COc1ccc(Cl)c(C)c1. The van der Waals surface area contributed by atoms with Crippen LogP contribution in [0.3, 0.4) is 0 Å². The molecule has 0 aliphatic rings. The number of carbonyl (C=O) groups is 1. The van der Waals surface area contributed by atoms with Gasteiger partial charge >= 0.3 is 0 Å². The fourth-order valence-corrected chi connectivity index (χ4v) is 2.80. The number of halogens is 1. The number of hydrogen-bond acceptors (Lipinski definition) is 4. The molecule has 6 heteroatoms. The maximum absolute atomic E-state index is 12.5. The highest BCUT2D eigenvalue weighted by Crippen LogP contribution is 2.25. The van der Waals surface area contributed by atoms with Crippen LogP contribution in [-0.2, 0) is 13.2 Å². The molecule has 1 amide bonds. The molecule has 0 fully saturated rings. The van der Waals surface area contributed by atoms with E-state index in [-0.39, 0.29) is 12.5 Å². The molecule has 0 unspecified atom stereocenters. The predicted molar refractivity (Wildman–Crippen MR) is 108 cm³/mol. The van der Waals surface area contributed by atoms with Crippen molar-refractivity contribution in [3.63, 3.8) is 0 Å². The Labute approximate surface area is 169 Å². The van der Waals surface area contributed by atoms with Crippen LogP contribution in [0.25, 0.3) is 0 Å². The molecule has 0 saturated heterocycles. The molecule has 3 rings (SSSR count). The van der Waals surface area contributed by atoms with Crippen LogP contribution in [-0.4, -0.2) is 12.5 Å². The summed E-state index contributed by atoms with van der Waals surface area (Å²) in [6, 6.07) is 14.4. The van der Waals surface area contributed by atoms with Gasteiger partial charge in [0, 0.05) is 16.1 Å². The summed E-state index contributed by atoms with van der Waals surface area (Å²) in [5, 5.41) is 3.53. The molecule has 1 N–H and O–H groups in total. The van der Waals surface area contributed by atoms with E-state index in [2.05, 4.69) is 5.32 Å². The summed E-state index contributed by atoms with van der Waals surface area (Å²) >= 11 is 6.06. The van der Waals surface area contributed by atoms with Gasteiger partial charge in [0.1, 0.15) is 23.9 Å². The standard InChI is InChI=1S/C22H22ClNO4/c1-3-26-21-9-6-16(22(25)24-13-19-5-4-10-27-19)12-17(21)14-28-18-7-8-20(23)15(2)11-18/h4-12H,3,13-14H2,1-2H3,(H,24,25). The molecule has 0 saturated carbocycles. The summed E-state index contributed by atoms with van der Waals surface area (Å²) in [5.74, 6) is 1.90. The van der Waals surface area contributed by atoms with Crippen molar-refractivity contribution in [3.05, 3.63) is 82.3 Å². The van der Waals surface area contributed by atoms with E-state index in [0.29, 0.717) is 41.0 Å². The smallest absolute Gasteiger partial charge is 0.251 e. The van der Waals surface area contributed by atoms with Gasteiger partial charge in [-0.3, -0.25) is 4.79 Å². The minimum absolute atomic E-state index is 0.192. The fourth-order valence-electron chi connectivity index (χ4n) is 2.68. The molecule has 0 atom stereocenters. The minimum Gasteiger partial charge on any atom is -0.493 e. The number of hydrogen-bond donors (Lipinski definition) is 1. The number of furan rings is 1. The van der Waals surface area contributed by atoms with Crippen LogP contribution in [0.15, 0.2) is 59.2 Å². The van der Waals surface area contributed by atoms with Gasteiger partial charge < -0.3 is 19.2 Å². The van der Waals surface area contributed by atoms with E-state index in [1.54, 1.807) is 36.6 Å². The lowest BCUT2D eigenvalue weighted by Crippen LogP contribution is -2.22.